The summed E-state index contributed by atoms with van der Waals surface area (Å²) in [6.45, 7) is 0. The van der Waals surface area contributed by atoms with Crippen LogP contribution in [0.5, 0.6) is 0 Å². The topological polar surface area (TPSA) is 55.4 Å². The molecule has 0 unspecified atom stereocenters. The Kier molecular flexibility index (Phi) is 25.4. The van der Waals surface area contributed by atoms with Crippen molar-refractivity contribution in [3.05, 3.63) is 0 Å². The standard InChI is InChI=1S/C25H60O6Si4/c1-26-22(27-2)33-19-13-7-10-16-25(32,17-11-8-14-20-34-23(28-3)29-4)18-12-9-15-21-35-24(30-5)31-6/h22-24H,7-21,33-35H2,1-6,32H3. The van der Waals surface area contributed by atoms with Gasteiger partial charge in [-0.25, -0.2) is 0 Å². The summed E-state index contributed by atoms with van der Waals surface area (Å²) in [6, 6.07) is 4.01. The molecule has 212 valence electrons. The van der Waals surface area contributed by atoms with Gasteiger partial charge in [0.1, 0.15) is 17.7 Å². The number of methoxy groups -OCH3 is 6. The first-order valence-corrected chi connectivity index (χ1v) is 20.6. The quantitative estimate of drug-likeness (QED) is 0.0863. The van der Waals surface area contributed by atoms with Crippen molar-refractivity contribution in [3.63, 3.8) is 0 Å². The third-order valence-corrected chi connectivity index (χ3v) is 15.1. The summed E-state index contributed by atoms with van der Waals surface area (Å²) in [5, 5.41) is 0.636. The van der Waals surface area contributed by atoms with Gasteiger partial charge in [-0.2, -0.15) is 0 Å². The van der Waals surface area contributed by atoms with Crippen molar-refractivity contribution in [2.45, 2.75) is 118 Å². The number of hydrogen-bond donors (Lipinski definition) is 0. The van der Waals surface area contributed by atoms with Crippen LogP contribution in [0.1, 0.15) is 77.0 Å². The van der Waals surface area contributed by atoms with E-state index in [4.69, 9.17) is 28.4 Å². The van der Waals surface area contributed by atoms with Gasteiger partial charge in [0, 0.05) is 52.9 Å². The predicted molar refractivity (Wildman–Crippen MR) is 162 cm³/mol. The Bertz CT molecular complexity index is 378. The molecule has 0 bridgehead atoms. The van der Waals surface area contributed by atoms with Crippen LogP contribution in [-0.2, 0) is 28.4 Å². The largest absolute Gasteiger partial charge is 0.360 e. The summed E-state index contributed by atoms with van der Waals surface area (Å²) in [7, 11) is 11.1. The van der Waals surface area contributed by atoms with Crippen molar-refractivity contribution < 1.29 is 28.4 Å². The van der Waals surface area contributed by atoms with E-state index in [1.165, 1.54) is 105 Å². The second-order valence-corrected chi connectivity index (χ2v) is 18.3. The van der Waals surface area contributed by atoms with Gasteiger partial charge in [-0.05, 0) is 5.04 Å². The zero-order chi connectivity index (χ0) is 26.2. The molecule has 0 amide bonds. The molecule has 0 aromatic rings. The maximum absolute atomic E-state index is 5.38. The molecule has 35 heavy (non-hydrogen) atoms. The number of ether oxygens (including phenoxy) is 6. The van der Waals surface area contributed by atoms with Crippen LogP contribution in [0.25, 0.3) is 0 Å². The van der Waals surface area contributed by atoms with E-state index in [0.717, 1.165) is 0 Å². The van der Waals surface area contributed by atoms with E-state index in [-0.39, 0.29) is 46.3 Å². The van der Waals surface area contributed by atoms with Crippen molar-refractivity contribution in [2.75, 3.05) is 42.7 Å². The van der Waals surface area contributed by atoms with E-state index in [9.17, 15) is 0 Å². The molecule has 6 nitrogen and oxygen atoms in total. The van der Waals surface area contributed by atoms with Crippen LogP contribution in [-0.4, -0.2) is 99.2 Å². The van der Waals surface area contributed by atoms with Crippen LogP contribution in [0.3, 0.4) is 0 Å². The Labute approximate surface area is 227 Å². The average Bonchev–Trinajstić information content (AvgIpc) is 2.87. The van der Waals surface area contributed by atoms with Crippen molar-refractivity contribution in [1.82, 2.24) is 0 Å². The van der Waals surface area contributed by atoms with Gasteiger partial charge in [0.25, 0.3) is 0 Å². The SMILES string of the molecule is COC(OC)[SiH2]CCCCCC([SiH3])(CCCCC[SiH2]C(OC)OC)CCCCC[SiH2]C(OC)OC. The Morgan fingerprint density at radius 2 is 0.714 bits per heavy atom. The van der Waals surface area contributed by atoms with Crippen LogP contribution < -0.4 is 0 Å². The van der Waals surface area contributed by atoms with E-state index < -0.39 is 0 Å². The molecule has 0 heterocycles. The molecule has 0 aromatic carbocycles. The van der Waals surface area contributed by atoms with E-state index in [1.807, 2.05) is 0 Å². The van der Waals surface area contributed by atoms with Crippen LogP contribution in [0.4, 0.5) is 0 Å². The van der Waals surface area contributed by atoms with E-state index in [0.29, 0.717) is 5.04 Å². The summed E-state index contributed by atoms with van der Waals surface area (Å²) in [6.07, 6.45) is 16.7. The normalized spacial score (nSPS) is 15.0. The second-order valence-electron chi connectivity index (χ2n) is 10.4. The minimum absolute atomic E-state index is 0.102. The molecule has 0 radical (unpaired) electrons. The van der Waals surface area contributed by atoms with Crippen molar-refractivity contribution in [1.29, 1.82) is 0 Å². The third-order valence-electron chi connectivity index (χ3n) is 7.49. The van der Waals surface area contributed by atoms with Crippen LogP contribution in [0, 0.1) is 0 Å². The molecule has 0 spiro atoms. The molecule has 0 fully saturated rings. The van der Waals surface area contributed by atoms with E-state index >= 15 is 0 Å². The van der Waals surface area contributed by atoms with Gasteiger partial charge in [0.2, 0.25) is 0 Å². The van der Waals surface area contributed by atoms with Crippen molar-refractivity contribution >= 4 is 38.8 Å². The molecule has 0 aromatic heterocycles. The lowest BCUT2D eigenvalue weighted by Crippen LogP contribution is -2.21. The van der Waals surface area contributed by atoms with E-state index in [2.05, 4.69) is 0 Å². The lowest BCUT2D eigenvalue weighted by molar-refractivity contribution is -0.0442. The van der Waals surface area contributed by atoms with Gasteiger partial charge in [0.15, 0.2) is 0 Å². The Morgan fingerprint density at radius 3 is 0.943 bits per heavy atom. The molecular formula is C25H60O6Si4. The highest BCUT2D eigenvalue weighted by Gasteiger charge is 2.23. The fourth-order valence-electron chi connectivity index (χ4n) is 5.02. The molecule has 0 aliphatic carbocycles. The fourth-order valence-corrected chi connectivity index (χ4v) is 10.4. The van der Waals surface area contributed by atoms with Gasteiger partial charge in [-0.1, -0.05) is 95.2 Å². The highest BCUT2D eigenvalue weighted by Crippen LogP contribution is 2.41. The maximum Gasteiger partial charge on any atom is 0.134 e. The number of hydrogen-bond acceptors (Lipinski definition) is 6. The summed E-state index contributed by atoms with van der Waals surface area (Å²) in [5.41, 5.74) is 0. The maximum atomic E-state index is 5.38. The van der Waals surface area contributed by atoms with Crippen LogP contribution >= 0.6 is 0 Å². The first kappa shape index (κ1) is 35.6. The molecule has 0 saturated carbocycles. The summed E-state index contributed by atoms with van der Waals surface area (Å²) in [5.74, 6) is 0.305. The molecule has 0 rings (SSSR count). The molecular weight excluding hydrogens is 509 g/mol. The van der Waals surface area contributed by atoms with Gasteiger partial charge in [-0.15, -0.1) is 0 Å². The summed E-state index contributed by atoms with van der Waals surface area (Å²) in [4.78, 5) is 0. The minimum atomic E-state index is -0.265. The molecule has 0 saturated heterocycles. The summed E-state index contributed by atoms with van der Waals surface area (Å²) < 4.78 is 32.3. The highest BCUT2D eigenvalue weighted by molar-refractivity contribution is 6.37. The summed E-state index contributed by atoms with van der Waals surface area (Å²) >= 11 is 0. The van der Waals surface area contributed by atoms with Crippen molar-refractivity contribution in [3.8, 4) is 0 Å². The fraction of sp³-hybridized carbons (Fsp3) is 1.00. The third kappa shape index (κ3) is 20.3. The van der Waals surface area contributed by atoms with Crippen LogP contribution in [0.2, 0.25) is 23.2 Å². The molecule has 0 aliphatic heterocycles. The van der Waals surface area contributed by atoms with E-state index in [1.54, 1.807) is 42.7 Å². The minimum Gasteiger partial charge on any atom is -0.360 e. The first-order chi connectivity index (χ1) is 17.0. The van der Waals surface area contributed by atoms with Gasteiger partial charge >= 0.3 is 0 Å². The number of rotatable bonds is 27. The van der Waals surface area contributed by atoms with Gasteiger partial charge in [0.05, 0.1) is 28.6 Å². The first-order valence-electron chi connectivity index (χ1n) is 14.1. The van der Waals surface area contributed by atoms with Crippen LogP contribution in [0.15, 0.2) is 0 Å². The molecule has 0 aliphatic rings. The highest BCUT2D eigenvalue weighted by atomic mass is 28.2. The van der Waals surface area contributed by atoms with Gasteiger partial charge < -0.3 is 28.4 Å². The Balaban J connectivity index is 4.31. The lowest BCUT2D eigenvalue weighted by atomic mass is 9.88. The zero-order valence-electron chi connectivity index (χ0n) is 24.4. The average molecular weight is 569 g/mol. The Hall–Kier alpha value is 0.628. The monoisotopic (exact) mass is 568 g/mol. The smallest absolute Gasteiger partial charge is 0.134 e. The Morgan fingerprint density at radius 1 is 0.457 bits per heavy atom. The molecule has 0 N–H and O–H groups in total. The van der Waals surface area contributed by atoms with Gasteiger partial charge in [-0.3, -0.25) is 0 Å². The molecule has 10 heteroatoms. The van der Waals surface area contributed by atoms with Crippen molar-refractivity contribution in [2.24, 2.45) is 0 Å². The second kappa shape index (κ2) is 24.9. The zero-order valence-corrected chi connectivity index (χ0v) is 30.7. The number of unbranched alkanes of at least 4 members (excludes halogenated alkanes) is 6. The molecule has 0 atom stereocenters. The lowest BCUT2D eigenvalue weighted by Gasteiger charge is -2.30. The predicted octanol–water partition coefficient (Wildman–Crippen LogP) is 2.68.